The smallest absolute Gasteiger partial charge is 0.325 e. The Bertz CT molecular complexity index is 1090. The Hall–Kier alpha value is -2.76. The highest BCUT2D eigenvalue weighted by Gasteiger charge is 2.36. The molecule has 1 heterocycles. The van der Waals surface area contributed by atoms with Crippen LogP contribution in [-0.2, 0) is 19.6 Å². The van der Waals surface area contributed by atoms with Gasteiger partial charge in [0.25, 0.3) is 11.8 Å². The van der Waals surface area contributed by atoms with Gasteiger partial charge >= 0.3 is 5.97 Å². The Labute approximate surface area is 182 Å². The molecule has 2 aromatic carbocycles. The van der Waals surface area contributed by atoms with Crippen LogP contribution in [0, 0.1) is 5.82 Å². The van der Waals surface area contributed by atoms with Crippen molar-refractivity contribution in [2.45, 2.75) is 17.4 Å². The first-order valence-corrected chi connectivity index (χ1v) is 12.0. The standard InChI is InChI=1S/C20H19FN2O6S2/c1-30-11-10-16(22-31(27,28)17-9-5-4-8-15(17)21)20(26)29-12-23-18(24)13-6-2-3-7-14(13)19(23)25/h2-9,16,22H,10-12H2,1H3/t16-/m1/s1. The molecule has 164 valence electrons. The van der Waals surface area contributed by atoms with Crippen molar-refractivity contribution in [2.24, 2.45) is 0 Å². The third kappa shape index (κ3) is 4.94. The average Bonchev–Trinajstić information content (AvgIpc) is 2.99. The molecule has 1 aliphatic rings. The van der Waals surface area contributed by atoms with Crippen LogP contribution >= 0.6 is 11.8 Å². The zero-order chi connectivity index (χ0) is 22.6. The quantitative estimate of drug-likeness (QED) is 0.445. The summed E-state index contributed by atoms with van der Waals surface area (Å²) in [6, 6.07) is 9.63. The topological polar surface area (TPSA) is 110 Å². The van der Waals surface area contributed by atoms with Gasteiger partial charge in [-0.2, -0.15) is 16.5 Å². The van der Waals surface area contributed by atoms with Gasteiger partial charge < -0.3 is 4.74 Å². The molecule has 2 aromatic rings. The number of nitrogens with zero attached hydrogens (tertiary/aromatic N) is 1. The van der Waals surface area contributed by atoms with Gasteiger partial charge in [-0.1, -0.05) is 24.3 Å². The lowest BCUT2D eigenvalue weighted by Gasteiger charge is -2.20. The molecule has 3 rings (SSSR count). The second kappa shape index (κ2) is 9.58. The number of nitrogens with one attached hydrogen (secondary N) is 1. The minimum atomic E-state index is -4.35. The van der Waals surface area contributed by atoms with Gasteiger partial charge in [0.1, 0.15) is 16.8 Å². The number of hydrogen-bond acceptors (Lipinski definition) is 7. The highest BCUT2D eigenvalue weighted by atomic mass is 32.2. The minimum absolute atomic E-state index is 0.0653. The molecule has 31 heavy (non-hydrogen) atoms. The number of ether oxygens (including phenoxy) is 1. The SMILES string of the molecule is CSCC[C@@H](NS(=O)(=O)c1ccccc1F)C(=O)OCN1C(=O)c2ccccc2C1=O. The molecule has 0 radical (unpaired) electrons. The van der Waals surface area contributed by atoms with E-state index in [1.807, 2.05) is 0 Å². The first kappa shape index (κ1) is 22.9. The fourth-order valence-electron chi connectivity index (χ4n) is 2.96. The van der Waals surface area contributed by atoms with Crippen LogP contribution < -0.4 is 4.72 Å². The van der Waals surface area contributed by atoms with Gasteiger partial charge in [0.2, 0.25) is 10.0 Å². The van der Waals surface area contributed by atoms with E-state index in [9.17, 15) is 27.2 Å². The van der Waals surface area contributed by atoms with Gasteiger partial charge in [0.15, 0.2) is 6.73 Å². The van der Waals surface area contributed by atoms with Crippen molar-refractivity contribution in [2.75, 3.05) is 18.7 Å². The molecule has 0 bridgehead atoms. The van der Waals surface area contributed by atoms with Crippen molar-refractivity contribution in [1.29, 1.82) is 0 Å². The number of benzene rings is 2. The third-order valence-electron chi connectivity index (χ3n) is 4.53. The van der Waals surface area contributed by atoms with Crippen LogP contribution in [0.15, 0.2) is 53.4 Å². The third-order valence-corrected chi connectivity index (χ3v) is 6.68. The Kier molecular flexibility index (Phi) is 7.08. The van der Waals surface area contributed by atoms with Crippen LogP contribution in [-0.4, -0.2) is 55.9 Å². The molecule has 8 nitrogen and oxygen atoms in total. The summed E-state index contributed by atoms with van der Waals surface area (Å²) < 4.78 is 46.3. The average molecular weight is 467 g/mol. The van der Waals surface area contributed by atoms with Gasteiger partial charge in [-0.3, -0.25) is 14.4 Å². The summed E-state index contributed by atoms with van der Waals surface area (Å²) in [5, 5.41) is 0. The molecule has 0 aliphatic carbocycles. The second-order valence-corrected chi connectivity index (χ2v) is 9.23. The Balaban J connectivity index is 1.72. The number of thioether (sulfide) groups is 1. The normalized spacial score (nSPS) is 14.5. The van der Waals surface area contributed by atoms with Gasteiger partial charge in [-0.15, -0.1) is 0 Å². The van der Waals surface area contributed by atoms with Crippen LogP contribution in [0.25, 0.3) is 0 Å². The molecular formula is C20H19FN2O6S2. The number of imide groups is 1. The first-order valence-electron chi connectivity index (χ1n) is 9.14. The first-order chi connectivity index (χ1) is 14.8. The van der Waals surface area contributed by atoms with Gasteiger partial charge in [-0.25, -0.2) is 17.7 Å². The van der Waals surface area contributed by atoms with E-state index in [0.29, 0.717) is 5.75 Å². The molecule has 1 aliphatic heterocycles. The van der Waals surface area contributed by atoms with Gasteiger partial charge in [0, 0.05) is 0 Å². The van der Waals surface area contributed by atoms with E-state index in [4.69, 9.17) is 4.74 Å². The molecule has 0 spiro atoms. The lowest BCUT2D eigenvalue weighted by molar-refractivity contribution is -0.148. The maximum absolute atomic E-state index is 13.9. The molecule has 1 N–H and O–H groups in total. The second-order valence-electron chi connectivity index (χ2n) is 6.56. The highest BCUT2D eigenvalue weighted by Crippen LogP contribution is 2.22. The summed E-state index contributed by atoms with van der Waals surface area (Å²) in [5.74, 6) is -2.75. The summed E-state index contributed by atoms with van der Waals surface area (Å²) >= 11 is 1.37. The predicted molar refractivity (Wildman–Crippen MR) is 111 cm³/mol. The van der Waals surface area contributed by atoms with E-state index < -0.39 is 51.3 Å². The van der Waals surface area contributed by atoms with Crippen LogP contribution in [0.5, 0.6) is 0 Å². The molecule has 0 saturated carbocycles. The van der Waals surface area contributed by atoms with Crippen LogP contribution in [0.1, 0.15) is 27.1 Å². The molecule has 0 fully saturated rings. The number of carbonyl (C=O) groups excluding carboxylic acids is 3. The van der Waals surface area contributed by atoms with Gasteiger partial charge in [-0.05, 0) is 42.7 Å². The largest absolute Gasteiger partial charge is 0.442 e. The number of hydrogen-bond donors (Lipinski definition) is 1. The molecular weight excluding hydrogens is 447 g/mol. The maximum atomic E-state index is 13.9. The molecule has 0 unspecified atom stereocenters. The van der Waals surface area contributed by atoms with Crippen molar-refractivity contribution in [1.82, 2.24) is 9.62 Å². The monoisotopic (exact) mass is 466 g/mol. The zero-order valence-electron chi connectivity index (χ0n) is 16.4. The van der Waals surface area contributed by atoms with Crippen molar-refractivity contribution in [3.63, 3.8) is 0 Å². The lowest BCUT2D eigenvalue weighted by atomic mass is 10.1. The van der Waals surface area contributed by atoms with Crippen LogP contribution in [0.2, 0.25) is 0 Å². The molecule has 1 atom stereocenters. The summed E-state index contributed by atoms with van der Waals surface area (Å²) in [7, 11) is -4.35. The van der Waals surface area contributed by atoms with E-state index in [0.717, 1.165) is 17.0 Å². The van der Waals surface area contributed by atoms with Crippen LogP contribution in [0.3, 0.4) is 0 Å². The number of halogens is 1. The van der Waals surface area contributed by atoms with Crippen molar-refractivity contribution in [3.8, 4) is 0 Å². The Morgan fingerprint density at radius 2 is 1.68 bits per heavy atom. The lowest BCUT2D eigenvalue weighted by Crippen LogP contribution is -2.44. The fraction of sp³-hybridized carbons (Fsp3) is 0.250. The van der Waals surface area contributed by atoms with E-state index in [2.05, 4.69) is 4.72 Å². The van der Waals surface area contributed by atoms with E-state index in [-0.39, 0.29) is 17.5 Å². The predicted octanol–water partition coefficient (Wildman–Crippen LogP) is 2.02. The maximum Gasteiger partial charge on any atom is 0.325 e. The number of fused-ring (bicyclic) bond motifs is 1. The number of carbonyl (C=O) groups is 3. The fourth-order valence-corrected chi connectivity index (χ4v) is 4.73. The van der Waals surface area contributed by atoms with Crippen molar-refractivity contribution < 1.29 is 31.9 Å². The minimum Gasteiger partial charge on any atom is -0.442 e. The Morgan fingerprint density at radius 1 is 1.10 bits per heavy atom. The molecule has 11 heteroatoms. The number of sulfonamides is 1. The number of amides is 2. The highest BCUT2D eigenvalue weighted by molar-refractivity contribution is 7.98. The summed E-state index contributed by atoms with van der Waals surface area (Å²) in [4.78, 5) is 37.5. The molecule has 2 amide bonds. The van der Waals surface area contributed by atoms with E-state index >= 15 is 0 Å². The van der Waals surface area contributed by atoms with E-state index in [1.54, 1.807) is 18.4 Å². The summed E-state index contributed by atoms with van der Waals surface area (Å²) in [6.07, 6.45) is 1.84. The van der Waals surface area contributed by atoms with Gasteiger partial charge in [0.05, 0.1) is 11.1 Å². The number of rotatable bonds is 9. The summed E-state index contributed by atoms with van der Waals surface area (Å²) in [6.45, 7) is -0.664. The zero-order valence-corrected chi connectivity index (χ0v) is 18.0. The Morgan fingerprint density at radius 3 is 2.26 bits per heavy atom. The number of esters is 1. The molecule has 0 aromatic heterocycles. The summed E-state index contributed by atoms with van der Waals surface area (Å²) in [5.41, 5.74) is 0.394. The van der Waals surface area contributed by atoms with Crippen LogP contribution in [0.4, 0.5) is 4.39 Å². The van der Waals surface area contributed by atoms with E-state index in [1.165, 1.54) is 36.0 Å². The van der Waals surface area contributed by atoms with Crippen molar-refractivity contribution >= 4 is 39.6 Å². The van der Waals surface area contributed by atoms with Crippen molar-refractivity contribution in [3.05, 3.63) is 65.5 Å². The molecule has 0 saturated heterocycles.